The monoisotopic (exact) mass is 278 g/mol. The summed E-state index contributed by atoms with van der Waals surface area (Å²) in [6, 6.07) is 7.83. The molecule has 0 aliphatic carbocycles. The summed E-state index contributed by atoms with van der Waals surface area (Å²) in [7, 11) is 0. The lowest BCUT2D eigenvalue weighted by Gasteiger charge is -2.33. The van der Waals surface area contributed by atoms with E-state index >= 15 is 0 Å². The third kappa shape index (κ3) is 2.70. The van der Waals surface area contributed by atoms with E-state index in [4.69, 9.17) is 16.9 Å². The summed E-state index contributed by atoms with van der Waals surface area (Å²) < 4.78 is 0. The second kappa shape index (κ2) is 5.03. The van der Waals surface area contributed by atoms with Crippen molar-refractivity contribution in [3.8, 4) is 6.07 Å². The van der Waals surface area contributed by atoms with Crippen molar-refractivity contribution in [3.63, 3.8) is 0 Å². The SMILES string of the molecule is C[C@H]1[C@@H](C(C)(C)O)CCN1c1ccc(C#N)c(Cl)c1. The summed E-state index contributed by atoms with van der Waals surface area (Å²) >= 11 is 6.08. The molecule has 1 aromatic rings. The molecule has 0 spiro atoms. The largest absolute Gasteiger partial charge is 0.390 e. The van der Waals surface area contributed by atoms with Gasteiger partial charge in [-0.25, -0.2) is 0 Å². The molecule has 0 bridgehead atoms. The normalized spacial score (nSPS) is 23.5. The standard InChI is InChI=1S/C15H19ClN2O/c1-10-13(15(2,3)19)6-7-18(10)12-5-4-11(9-17)14(16)8-12/h4-5,8,10,13,19H,6-7H2,1-3H3/t10-,13-/m0/s1. The maximum absolute atomic E-state index is 10.2. The number of hydrogen-bond donors (Lipinski definition) is 1. The topological polar surface area (TPSA) is 47.3 Å². The Kier molecular flexibility index (Phi) is 3.75. The molecule has 0 aromatic heterocycles. The molecule has 0 saturated carbocycles. The van der Waals surface area contributed by atoms with Crippen LogP contribution in [0.25, 0.3) is 0 Å². The van der Waals surface area contributed by atoms with Crippen LogP contribution in [-0.4, -0.2) is 23.3 Å². The average Bonchev–Trinajstić information content (AvgIpc) is 2.70. The van der Waals surface area contributed by atoms with Gasteiger partial charge in [-0.15, -0.1) is 0 Å². The highest BCUT2D eigenvalue weighted by molar-refractivity contribution is 6.32. The van der Waals surface area contributed by atoms with Crippen molar-refractivity contribution in [1.29, 1.82) is 5.26 Å². The predicted molar refractivity (Wildman–Crippen MR) is 77.4 cm³/mol. The van der Waals surface area contributed by atoms with Gasteiger partial charge in [0.2, 0.25) is 0 Å². The van der Waals surface area contributed by atoms with E-state index in [2.05, 4.69) is 17.9 Å². The van der Waals surface area contributed by atoms with Gasteiger partial charge in [0.25, 0.3) is 0 Å². The fraction of sp³-hybridized carbons (Fsp3) is 0.533. The quantitative estimate of drug-likeness (QED) is 0.904. The third-order valence-electron chi connectivity index (χ3n) is 4.07. The fourth-order valence-corrected chi connectivity index (χ4v) is 3.24. The van der Waals surface area contributed by atoms with Crippen LogP contribution in [0.5, 0.6) is 0 Å². The number of hydrogen-bond acceptors (Lipinski definition) is 3. The minimum absolute atomic E-state index is 0.238. The van der Waals surface area contributed by atoms with E-state index in [-0.39, 0.29) is 12.0 Å². The highest BCUT2D eigenvalue weighted by atomic mass is 35.5. The first-order chi connectivity index (χ1) is 8.84. The van der Waals surface area contributed by atoms with E-state index in [0.29, 0.717) is 10.6 Å². The highest BCUT2D eigenvalue weighted by Gasteiger charge is 2.39. The molecule has 1 saturated heterocycles. The summed E-state index contributed by atoms with van der Waals surface area (Å²) in [5.74, 6) is 0.238. The van der Waals surface area contributed by atoms with Gasteiger partial charge < -0.3 is 10.0 Å². The van der Waals surface area contributed by atoms with Crippen LogP contribution in [0.15, 0.2) is 18.2 Å². The van der Waals surface area contributed by atoms with Crippen LogP contribution in [0, 0.1) is 17.2 Å². The van der Waals surface area contributed by atoms with Gasteiger partial charge in [-0.1, -0.05) is 11.6 Å². The summed E-state index contributed by atoms with van der Waals surface area (Å²) in [6.07, 6.45) is 0.961. The second-order valence-electron chi connectivity index (χ2n) is 5.76. The van der Waals surface area contributed by atoms with Gasteiger partial charge in [0.1, 0.15) is 6.07 Å². The van der Waals surface area contributed by atoms with E-state index in [1.807, 2.05) is 26.0 Å². The zero-order valence-electron chi connectivity index (χ0n) is 11.5. The minimum atomic E-state index is -0.676. The molecule has 1 aliphatic rings. The Morgan fingerprint density at radius 1 is 1.47 bits per heavy atom. The Bertz CT molecular complexity index is 516. The van der Waals surface area contributed by atoms with Crippen LogP contribution in [0.2, 0.25) is 5.02 Å². The number of benzene rings is 1. The molecule has 0 unspecified atom stereocenters. The molecule has 2 rings (SSSR count). The summed E-state index contributed by atoms with van der Waals surface area (Å²) in [6.45, 7) is 6.76. The molecule has 2 atom stereocenters. The average molecular weight is 279 g/mol. The molecule has 1 N–H and O–H groups in total. The highest BCUT2D eigenvalue weighted by Crippen LogP contribution is 2.36. The van der Waals surface area contributed by atoms with E-state index < -0.39 is 5.60 Å². The molecule has 4 heteroatoms. The second-order valence-corrected chi connectivity index (χ2v) is 6.17. The van der Waals surface area contributed by atoms with Crippen molar-refractivity contribution in [2.24, 2.45) is 5.92 Å². The van der Waals surface area contributed by atoms with Gasteiger partial charge in [0.05, 0.1) is 16.2 Å². The molecule has 1 aromatic carbocycles. The van der Waals surface area contributed by atoms with E-state index in [9.17, 15) is 5.11 Å². The van der Waals surface area contributed by atoms with Crippen LogP contribution in [0.4, 0.5) is 5.69 Å². The molecule has 3 nitrogen and oxygen atoms in total. The van der Waals surface area contributed by atoms with Gasteiger partial charge in [-0.3, -0.25) is 0 Å². The van der Waals surface area contributed by atoms with Crippen LogP contribution >= 0.6 is 11.6 Å². The van der Waals surface area contributed by atoms with Crippen molar-refractivity contribution in [2.75, 3.05) is 11.4 Å². The van der Waals surface area contributed by atoms with Crippen LogP contribution in [0.1, 0.15) is 32.8 Å². The number of anilines is 1. The maximum Gasteiger partial charge on any atom is 0.101 e. The van der Waals surface area contributed by atoms with E-state index in [0.717, 1.165) is 18.7 Å². The van der Waals surface area contributed by atoms with Gasteiger partial charge in [0.15, 0.2) is 0 Å². The molecular weight excluding hydrogens is 260 g/mol. The molecule has 1 fully saturated rings. The molecule has 1 heterocycles. The van der Waals surface area contributed by atoms with Crippen molar-refractivity contribution in [1.82, 2.24) is 0 Å². The molecule has 19 heavy (non-hydrogen) atoms. The van der Waals surface area contributed by atoms with Crippen LogP contribution in [-0.2, 0) is 0 Å². The first-order valence-corrected chi connectivity index (χ1v) is 6.91. The van der Waals surface area contributed by atoms with Crippen molar-refractivity contribution in [2.45, 2.75) is 38.8 Å². The van der Waals surface area contributed by atoms with Crippen molar-refractivity contribution in [3.05, 3.63) is 28.8 Å². The predicted octanol–water partition coefficient (Wildman–Crippen LogP) is 3.20. The third-order valence-corrected chi connectivity index (χ3v) is 4.38. The summed E-state index contributed by atoms with van der Waals surface area (Å²) in [4.78, 5) is 2.25. The van der Waals surface area contributed by atoms with E-state index in [1.54, 1.807) is 6.07 Å². The number of nitriles is 1. The lowest BCUT2D eigenvalue weighted by Crippen LogP contribution is -2.40. The Morgan fingerprint density at radius 2 is 2.16 bits per heavy atom. The Labute approximate surface area is 119 Å². The van der Waals surface area contributed by atoms with Gasteiger partial charge >= 0.3 is 0 Å². The number of halogens is 1. The Morgan fingerprint density at radius 3 is 2.63 bits per heavy atom. The van der Waals surface area contributed by atoms with E-state index in [1.165, 1.54) is 0 Å². The number of aliphatic hydroxyl groups is 1. The lowest BCUT2D eigenvalue weighted by atomic mass is 9.85. The first-order valence-electron chi connectivity index (χ1n) is 6.53. The van der Waals surface area contributed by atoms with Gasteiger partial charge in [-0.05, 0) is 45.4 Å². The molecular formula is C15H19ClN2O. The lowest BCUT2D eigenvalue weighted by molar-refractivity contribution is 0.0156. The van der Waals surface area contributed by atoms with Gasteiger partial charge in [0, 0.05) is 24.2 Å². The Hall–Kier alpha value is -1.24. The maximum atomic E-state index is 10.2. The molecule has 102 valence electrons. The van der Waals surface area contributed by atoms with Crippen molar-refractivity contribution >= 4 is 17.3 Å². The molecule has 0 radical (unpaired) electrons. The summed E-state index contributed by atoms with van der Waals surface area (Å²) in [5, 5.41) is 19.6. The number of nitrogens with zero attached hydrogens (tertiary/aromatic N) is 2. The van der Waals surface area contributed by atoms with Gasteiger partial charge in [-0.2, -0.15) is 5.26 Å². The Balaban J connectivity index is 2.25. The summed E-state index contributed by atoms with van der Waals surface area (Å²) in [5.41, 5.74) is 0.837. The van der Waals surface area contributed by atoms with Crippen LogP contribution < -0.4 is 4.90 Å². The minimum Gasteiger partial charge on any atom is -0.390 e. The number of rotatable bonds is 2. The first kappa shape index (κ1) is 14.2. The zero-order valence-corrected chi connectivity index (χ0v) is 12.3. The smallest absolute Gasteiger partial charge is 0.101 e. The zero-order chi connectivity index (χ0) is 14.2. The van der Waals surface area contributed by atoms with Crippen LogP contribution in [0.3, 0.4) is 0 Å². The van der Waals surface area contributed by atoms with Crippen molar-refractivity contribution < 1.29 is 5.11 Å². The molecule has 0 amide bonds. The fourth-order valence-electron chi connectivity index (χ4n) is 3.02. The molecule has 1 aliphatic heterocycles.